The smallest absolute Gasteiger partial charge is 0.242 e. The van der Waals surface area contributed by atoms with Gasteiger partial charge in [0.25, 0.3) is 0 Å². The number of hydrogen-bond donors (Lipinski definition) is 0. The summed E-state index contributed by atoms with van der Waals surface area (Å²) in [6.45, 7) is 5.57. The van der Waals surface area contributed by atoms with Crippen LogP contribution in [-0.2, 0) is 16.0 Å². The summed E-state index contributed by atoms with van der Waals surface area (Å²) in [5.74, 6) is 1.68. The lowest BCUT2D eigenvalue weighted by atomic mass is 9.92. The molecule has 0 aromatic heterocycles. The van der Waals surface area contributed by atoms with Crippen LogP contribution in [0.3, 0.4) is 0 Å². The summed E-state index contributed by atoms with van der Waals surface area (Å²) in [6, 6.07) is 3.93. The van der Waals surface area contributed by atoms with Crippen molar-refractivity contribution in [2.75, 3.05) is 33.9 Å². The molecule has 0 spiro atoms. The SMILES string of the molecule is CCCN(CC(=O)N1CCc2cc(OC)c(OC)cc2C1C)C(=O)C1CCCC1. The molecular weight excluding hydrogens is 368 g/mol. The second kappa shape index (κ2) is 9.51. The summed E-state index contributed by atoms with van der Waals surface area (Å²) in [4.78, 5) is 29.8. The average Bonchev–Trinajstić information content (AvgIpc) is 3.27. The average molecular weight is 403 g/mol. The van der Waals surface area contributed by atoms with Crippen LogP contribution in [0, 0.1) is 5.92 Å². The number of rotatable bonds is 7. The fraction of sp³-hybridized carbons (Fsp3) is 0.652. The van der Waals surface area contributed by atoms with Crippen molar-refractivity contribution in [2.45, 2.75) is 58.4 Å². The lowest BCUT2D eigenvalue weighted by molar-refractivity contribution is -0.144. The van der Waals surface area contributed by atoms with Crippen molar-refractivity contribution < 1.29 is 19.1 Å². The number of hydrogen-bond acceptors (Lipinski definition) is 4. The Morgan fingerprint density at radius 2 is 1.79 bits per heavy atom. The van der Waals surface area contributed by atoms with Gasteiger partial charge < -0.3 is 19.3 Å². The zero-order chi connectivity index (χ0) is 21.0. The number of fused-ring (bicyclic) bond motifs is 1. The second-order valence-electron chi connectivity index (χ2n) is 8.16. The molecule has 1 aromatic carbocycles. The molecular formula is C23H34N2O4. The Hall–Kier alpha value is -2.24. The van der Waals surface area contributed by atoms with Gasteiger partial charge in [-0.3, -0.25) is 9.59 Å². The van der Waals surface area contributed by atoms with Crippen LogP contribution in [-0.4, -0.2) is 55.5 Å². The molecule has 2 aliphatic rings. The molecule has 1 fully saturated rings. The van der Waals surface area contributed by atoms with E-state index in [2.05, 4.69) is 6.92 Å². The molecule has 1 unspecified atom stereocenters. The highest BCUT2D eigenvalue weighted by Crippen LogP contribution is 2.38. The first-order valence-corrected chi connectivity index (χ1v) is 10.8. The van der Waals surface area contributed by atoms with Crippen LogP contribution >= 0.6 is 0 Å². The van der Waals surface area contributed by atoms with Gasteiger partial charge in [0.15, 0.2) is 11.5 Å². The summed E-state index contributed by atoms with van der Waals surface area (Å²) >= 11 is 0. The van der Waals surface area contributed by atoms with Crippen LogP contribution in [0.1, 0.15) is 63.1 Å². The lowest BCUT2D eigenvalue weighted by Gasteiger charge is -2.37. The van der Waals surface area contributed by atoms with E-state index in [1.54, 1.807) is 19.1 Å². The van der Waals surface area contributed by atoms with Gasteiger partial charge >= 0.3 is 0 Å². The molecule has 0 saturated heterocycles. The molecule has 1 aliphatic heterocycles. The van der Waals surface area contributed by atoms with E-state index in [-0.39, 0.29) is 30.3 Å². The summed E-state index contributed by atoms with van der Waals surface area (Å²) in [5.41, 5.74) is 2.28. The van der Waals surface area contributed by atoms with Crippen molar-refractivity contribution in [1.29, 1.82) is 0 Å². The van der Waals surface area contributed by atoms with Crippen LogP contribution in [0.4, 0.5) is 0 Å². The molecule has 1 aliphatic carbocycles. The maximum absolute atomic E-state index is 13.2. The summed E-state index contributed by atoms with van der Waals surface area (Å²) in [6.07, 6.45) is 5.80. The van der Waals surface area contributed by atoms with E-state index in [0.29, 0.717) is 18.8 Å². The Labute approximate surface area is 174 Å². The maximum atomic E-state index is 13.2. The Balaban J connectivity index is 1.74. The topological polar surface area (TPSA) is 59.1 Å². The zero-order valence-corrected chi connectivity index (χ0v) is 18.2. The number of methoxy groups -OCH3 is 2. The second-order valence-corrected chi connectivity index (χ2v) is 8.16. The van der Waals surface area contributed by atoms with E-state index in [4.69, 9.17) is 9.47 Å². The van der Waals surface area contributed by atoms with Gasteiger partial charge in [-0.25, -0.2) is 0 Å². The molecule has 1 heterocycles. The van der Waals surface area contributed by atoms with E-state index in [1.807, 2.05) is 24.0 Å². The van der Waals surface area contributed by atoms with Gasteiger partial charge in [-0.2, -0.15) is 0 Å². The van der Waals surface area contributed by atoms with E-state index in [0.717, 1.165) is 49.8 Å². The van der Waals surface area contributed by atoms with E-state index >= 15 is 0 Å². The lowest BCUT2D eigenvalue weighted by Crippen LogP contribution is -2.47. The molecule has 160 valence electrons. The quantitative estimate of drug-likeness (QED) is 0.699. The standard InChI is InChI=1S/C23H34N2O4/c1-5-11-24(23(27)17-8-6-7-9-17)15-22(26)25-12-10-18-13-20(28-3)21(29-4)14-19(18)16(25)2/h13-14,16-17H,5-12,15H2,1-4H3. The molecule has 6 nitrogen and oxygen atoms in total. The van der Waals surface area contributed by atoms with E-state index < -0.39 is 0 Å². The molecule has 3 rings (SSSR count). The van der Waals surface area contributed by atoms with E-state index in [1.165, 1.54) is 5.56 Å². The van der Waals surface area contributed by atoms with Crippen LogP contribution in [0.15, 0.2) is 12.1 Å². The van der Waals surface area contributed by atoms with Gasteiger partial charge in [0, 0.05) is 19.0 Å². The number of carbonyl (C=O) groups excluding carboxylic acids is 2. The first-order valence-electron chi connectivity index (χ1n) is 10.8. The molecule has 0 bridgehead atoms. The Morgan fingerprint density at radius 1 is 1.14 bits per heavy atom. The highest BCUT2D eigenvalue weighted by molar-refractivity contribution is 5.86. The molecule has 1 saturated carbocycles. The largest absolute Gasteiger partial charge is 0.493 e. The molecule has 1 aromatic rings. The van der Waals surface area contributed by atoms with Crippen molar-refractivity contribution in [1.82, 2.24) is 9.80 Å². The van der Waals surface area contributed by atoms with Gasteiger partial charge in [0.05, 0.1) is 26.8 Å². The Bertz CT molecular complexity index is 743. The van der Waals surface area contributed by atoms with Crippen LogP contribution in [0.2, 0.25) is 0 Å². The predicted octanol–water partition coefficient (Wildman–Crippen LogP) is 3.58. The van der Waals surface area contributed by atoms with Crippen molar-refractivity contribution in [3.05, 3.63) is 23.3 Å². The number of ether oxygens (including phenoxy) is 2. The predicted molar refractivity (Wildman–Crippen MR) is 112 cm³/mol. The molecule has 6 heteroatoms. The molecule has 1 atom stereocenters. The summed E-state index contributed by atoms with van der Waals surface area (Å²) in [7, 11) is 3.26. The van der Waals surface area contributed by atoms with Gasteiger partial charge in [-0.15, -0.1) is 0 Å². The Morgan fingerprint density at radius 3 is 2.41 bits per heavy atom. The monoisotopic (exact) mass is 402 g/mol. The third kappa shape index (κ3) is 4.51. The first kappa shape index (κ1) is 21.5. The number of amides is 2. The van der Waals surface area contributed by atoms with Crippen LogP contribution in [0.25, 0.3) is 0 Å². The minimum atomic E-state index is -0.0592. The number of benzene rings is 1. The fourth-order valence-corrected chi connectivity index (χ4v) is 4.71. The van der Waals surface area contributed by atoms with Gasteiger partial charge in [0.2, 0.25) is 11.8 Å². The molecule has 0 N–H and O–H groups in total. The van der Waals surface area contributed by atoms with Crippen molar-refractivity contribution >= 4 is 11.8 Å². The molecule has 29 heavy (non-hydrogen) atoms. The minimum Gasteiger partial charge on any atom is -0.493 e. The maximum Gasteiger partial charge on any atom is 0.242 e. The normalized spacial score (nSPS) is 19.0. The van der Waals surface area contributed by atoms with Gasteiger partial charge in [-0.1, -0.05) is 19.8 Å². The van der Waals surface area contributed by atoms with Crippen molar-refractivity contribution in [2.24, 2.45) is 5.92 Å². The van der Waals surface area contributed by atoms with Crippen molar-refractivity contribution in [3.63, 3.8) is 0 Å². The first-order chi connectivity index (χ1) is 14.0. The fourth-order valence-electron chi connectivity index (χ4n) is 4.71. The van der Waals surface area contributed by atoms with E-state index in [9.17, 15) is 9.59 Å². The molecule has 0 radical (unpaired) electrons. The minimum absolute atomic E-state index is 0.0257. The summed E-state index contributed by atoms with van der Waals surface area (Å²) in [5, 5.41) is 0. The number of nitrogens with zero attached hydrogens (tertiary/aromatic N) is 2. The van der Waals surface area contributed by atoms with Crippen LogP contribution < -0.4 is 9.47 Å². The zero-order valence-electron chi connectivity index (χ0n) is 18.2. The third-order valence-corrected chi connectivity index (χ3v) is 6.34. The highest BCUT2D eigenvalue weighted by Gasteiger charge is 2.32. The molecule has 2 amide bonds. The third-order valence-electron chi connectivity index (χ3n) is 6.34. The summed E-state index contributed by atoms with van der Waals surface area (Å²) < 4.78 is 10.9. The van der Waals surface area contributed by atoms with Gasteiger partial charge in [-0.05, 0) is 55.9 Å². The highest BCUT2D eigenvalue weighted by atomic mass is 16.5. The van der Waals surface area contributed by atoms with Crippen LogP contribution in [0.5, 0.6) is 11.5 Å². The number of carbonyl (C=O) groups is 2. The Kier molecular flexibility index (Phi) is 7.04. The van der Waals surface area contributed by atoms with Crippen molar-refractivity contribution in [3.8, 4) is 11.5 Å². The van der Waals surface area contributed by atoms with Gasteiger partial charge in [0.1, 0.15) is 0 Å².